The monoisotopic (exact) mass is 262 g/mol. The van der Waals surface area contributed by atoms with Gasteiger partial charge in [-0.15, -0.1) is 0 Å². The molecule has 0 rings (SSSR count). The molecular weight excluding hydrogens is 236 g/mol. The quantitative estimate of drug-likeness (QED) is 0.649. The van der Waals surface area contributed by atoms with Gasteiger partial charge in [0.1, 0.15) is 0 Å². The highest BCUT2D eigenvalue weighted by atomic mass is 32.2. The van der Waals surface area contributed by atoms with Gasteiger partial charge in [0.15, 0.2) is 0 Å². The zero-order valence-corrected chi connectivity index (χ0v) is 12.2. The highest BCUT2D eigenvalue weighted by Gasteiger charge is 2.11. The Kier molecular flexibility index (Phi) is 9.36. The fourth-order valence-electron chi connectivity index (χ4n) is 1.26. The van der Waals surface area contributed by atoms with Crippen LogP contribution in [0, 0.1) is 5.92 Å². The first-order valence-corrected chi connectivity index (χ1v) is 7.82. The van der Waals surface area contributed by atoms with Crippen LogP contribution in [0.2, 0.25) is 0 Å². The van der Waals surface area contributed by atoms with Gasteiger partial charge in [0.2, 0.25) is 5.91 Å². The number of amides is 1. The molecule has 0 aliphatic heterocycles. The van der Waals surface area contributed by atoms with Crippen molar-refractivity contribution >= 4 is 16.7 Å². The lowest BCUT2D eigenvalue weighted by Crippen LogP contribution is -2.43. The van der Waals surface area contributed by atoms with Crippen molar-refractivity contribution in [1.82, 2.24) is 10.6 Å². The van der Waals surface area contributed by atoms with Gasteiger partial charge in [-0.2, -0.15) is 0 Å². The zero-order valence-electron chi connectivity index (χ0n) is 11.4. The Labute approximate surface area is 107 Å². The van der Waals surface area contributed by atoms with E-state index in [2.05, 4.69) is 24.5 Å². The Bertz CT molecular complexity index is 245. The van der Waals surface area contributed by atoms with Crippen LogP contribution >= 0.6 is 0 Å². The predicted octanol–water partition coefficient (Wildman–Crippen LogP) is 0.895. The second kappa shape index (κ2) is 9.59. The van der Waals surface area contributed by atoms with E-state index < -0.39 is 10.8 Å². The Balaban J connectivity index is 3.63. The summed E-state index contributed by atoms with van der Waals surface area (Å²) in [6.07, 6.45) is 0.998. The second-order valence-corrected chi connectivity index (χ2v) is 6.45. The maximum absolute atomic E-state index is 11.6. The summed E-state index contributed by atoms with van der Waals surface area (Å²) in [5.41, 5.74) is 0. The highest BCUT2D eigenvalue weighted by Crippen LogP contribution is 1.96. The first kappa shape index (κ1) is 16.6. The summed E-state index contributed by atoms with van der Waals surface area (Å²) >= 11 is 0. The van der Waals surface area contributed by atoms with Crippen molar-refractivity contribution in [3.05, 3.63) is 0 Å². The van der Waals surface area contributed by atoms with Crippen LogP contribution in [-0.2, 0) is 15.6 Å². The van der Waals surface area contributed by atoms with Crippen LogP contribution in [-0.4, -0.2) is 40.8 Å². The van der Waals surface area contributed by atoms with Gasteiger partial charge in [0.05, 0.1) is 6.04 Å². The summed E-state index contributed by atoms with van der Waals surface area (Å²) in [5.74, 6) is 1.91. The molecule has 17 heavy (non-hydrogen) atoms. The fraction of sp³-hybridized carbons (Fsp3) is 0.917. The van der Waals surface area contributed by atoms with Crippen molar-refractivity contribution < 1.29 is 9.00 Å². The molecular formula is C12H26N2O2S. The van der Waals surface area contributed by atoms with Crippen LogP contribution < -0.4 is 10.6 Å². The molecule has 4 nitrogen and oxygen atoms in total. The summed E-state index contributed by atoms with van der Waals surface area (Å²) in [4.78, 5) is 11.6. The molecule has 0 aromatic rings. The summed E-state index contributed by atoms with van der Waals surface area (Å²) in [6.45, 7) is 9.35. The number of carbonyl (C=O) groups is 1. The zero-order chi connectivity index (χ0) is 13.3. The van der Waals surface area contributed by atoms with Gasteiger partial charge in [0, 0.05) is 35.4 Å². The summed E-state index contributed by atoms with van der Waals surface area (Å²) in [6, 6.07) is -0.212. The third-order valence-electron chi connectivity index (χ3n) is 2.52. The number of carbonyl (C=O) groups excluding carboxylic acids is 1. The van der Waals surface area contributed by atoms with Crippen molar-refractivity contribution in [3.8, 4) is 0 Å². The minimum Gasteiger partial charge on any atom is -0.355 e. The molecule has 0 spiro atoms. The van der Waals surface area contributed by atoms with Gasteiger partial charge in [-0.1, -0.05) is 20.8 Å². The average Bonchev–Trinajstić information content (AvgIpc) is 2.27. The minimum absolute atomic E-state index is 0.0212. The third kappa shape index (κ3) is 9.30. The second-order valence-electron chi connectivity index (χ2n) is 4.58. The van der Waals surface area contributed by atoms with E-state index in [1.54, 1.807) is 0 Å². The number of rotatable bonds is 9. The lowest BCUT2D eigenvalue weighted by Gasteiger charge is -2.14. The molecule has 0 saturated carbocycles. The molecule has 0 radical (unpaired) electrons. The van der Waals surface area contributed by atoms with Gasteiger partial charge in [-0.3, -0.25) is 9.00 Å². The lowest BCUT2D eigenvalue weighted by molar-refractivity contribution is -0.122. The van der Waals surface area contributed by atoms with E-state index in [0.29, 0.717) is 24.0 Å². The van der Waals surface area contributed by atoms with Crippen molar-refractivity contribution in [2.75, 3.05) is 24.6 Å². The normalized spacial score (nSPS) is 14.6. The third-order valence-corrected chi connectivity index (χ3v) is 3.82. The maximum Gasteiger partial charge on any atom is 0.236 e. The van der Waals surface area contributed by atoms with E-state index in [1.165, 1.54) is 0 Å². The molecule has 102 valence electrons. The molecule has 2 unspecified atom stereocenters. The molecule has 0 aliphatic rings. The van der Waals surface area contributed by atoms with Gasteiger partial charge in [0.25, 0.3) is 0 Å². The van der Waals surface area contributed by atoms with E-state index in [4.69, 9.17) is 0 Å². The van der Waals surface area contributed by atoms with E-state index in [-0.39, 0.29) is 11.9 Å². The van der Waals surface area contributed by atoms with Crippen molar-refractivity contribution in [2.24, 2.45) is 5.92 Å². The van der Waals surface area contributed by atoms with Gasteiger partial charge in [-0.05, 0) is 19.3 Å². The van der Waals surface area contributed by atoms with E-state index in [1.807, 2.05) is 13.8 Å². The smallest absolute Gasteiger partial charge is 0.236 e. The Morgan fingerprint density at radius 3 is 2.41 bits per heavy atom. The molecule has 0 bridgehead atoms. The van der Waals surface area contributed by atoms with E-state index in [9.17, 15) is 9.00 Å². The number of hydrogen-bond acceptors (Lipinski definition) is 3. The Morgan fingerprint density at radius 2 is 1.88 bits per heavy atom. The molecule has 2 atom stereocenters. The molecule has 0 saturated heterocycles. The van der Waals surface area contributed by atoms with Crippen LogP contribution in [0.25, 0.3) is 0 Å². The van der Waals surface area contributed by atoms with Gasteiger partial charge >= 0.3 is 0 Å². The summed E-state index contributed by atoms with van der Waals surface area (Å²) in [5, 5.41) is 5.97. The molecule has 0 aromatic carbocycles. The Hall–Kier alpha value is -0.420. The number of hydrogen-bond donors (Lipinski definition) is 2. The van der Waals surface area contributed by atoms with Crippen LogP contribution in [0.1, 0.15) is 34.1 Å². The maximum atomic E-state index is 11.6. The standard InChI is InChI=1S/C12H26N2O2S/c1-5-17(16)9-8-13-11(4)12(15)14-7-6-10(2)3/h10-11,13H,5-9H2,1-4H3,(H,14,15). The lowest BCUT2D eigenvalue weighted by atomic mass is 10.1. The van der Waals surface area contributed by atoms with Crippen LogP contribution in [0.4, 0.5) is 0 Å². The fourth-order valence-corrected chi connectivity index (χ4v) is 1.90. The summed E-state index contributed by atoms with van der Waals surface area (Å²) in [7, 11) is -0.762. The highest BCUT2D eigenvalue weighted by molar-refractivity contribution is 7.84. The molecule has 0 heterocycles. The van der Waals surface area contributed by atoms with Crippen LogP contribution in [0.3, 0.4) is 0 Å². The largest absolute Gasteiger partial charge is 0.355 e. The summed E-state index contributed by atoms with van der Waals surface area (Å²) < 4.78 is 11.2. The molecule has 1 amide bonds. The Morgan fingerprint density at radius 1 is 1.24 bits per heavy atom. The van der Waals surface area contributed by atoms with Gasteiger partial charge < -0.3 is 10.6 Å². The number of nitrogens with one attached hydrogen (secondary N) is 2. The van der Waals surface area contributed by atoms with E-state index in [0.717, 1.165) is 13.0 Å². The van der Waals surface area contributed by atoms with Crippen LogP contribution in [0.15, 0.2) is 0 Å². The van der Waals surface area contributed by atoms with Crippen molar-refractivity contribution in [2.45, 2.75) is 40.2 Å². The first-order chi connectivity index (χ1) is 7.97. The minimum atomic E-state index is -0.762. The van der Waals surface area contributed by atoms with Crippen molar-refractivity contribution in [3.63, 3.8) is 0 Å². The van der Waals surface area contributed by atoms with Crippen LogP contribution in [0.5, 0.6) is 0 Å². The topological polar surface area (TPSA) is 58.2 Å². The molecule has 2 N–H and O–H groups in total. The average molecular weight is 262 g/mol. The van der Waals surface area contributed by atoms with Crippen molar-refractivity contribution in [1.29, 1.82) is 0 Å². The first-order valence-electron chi connectivity index (χ1n) is 6.33. The molecule has 0 fully saturated rings. The van der Waals surface area contributed by atoms with E-state index >= 15 is 0 Å². The predicted molar refractivity (Wildman–Crippen MR) is 73.5 cm³/mol. The van der Waals surface area contributed by atoms with Gasteiger partial charge in [-0.25, -0.2) is 0 Å². The molecule has 0 aromatic heterocycles. The SMILES string of the molecule is CCS(=O)CCNC(C)C(=O)NCCC(C)C. The molecule has 0 aliphatic carbocycles. The molecule has 5 heteroatoms.